The van der Waals surface area contributed by atoms with E-state index in [0.29, 0.717) is 0 Å². The normalized spacial score (nSPS) is 16.4. The quantitative estimate of drug-likeness (QED) is 0.682. The van der Waals surface area contributed by atoms with Crippen molar-refractivity contribution < 1.29 is 4.74 Å². The van der Waals surface area contributed by atoms with E-state index in [1.807, 2.05) is 12.4 Å². The van der Waals surface area contributed by atoms with Gasteiger partial charge in [-0.2, -0.15) is 9.97 Å². The van der Waals surface area contributed by atoms with Crippen LogP contribution >= 0.6 is 11.3 Å². The Morgan fingerprint density at radius 2 is 1.81 bits per heavy atom. The lowest BCUT2D eigenvalue weighted by atomic mass is 10.2. The number of nitrogens with zero attached hydrogens (tertiary/aromatic N) is 3. The molecule has 0 bridgehead atoms. The van der Waals surface area contributed by atoms with Crippen molar-refractivity contribution in [1.82, 2.24) is 14.9 Å². The number of thiophene rings is 1. The maximum atomic E-state index is 5.35. The van der Waals surface area contributed by atoms with E-state index in [4.69, 9.17) is 4.74 Å². The third kappa shape index (κ3) is 2.55. The molecule has 2 aromatic heterocycles. The zero-order valence-electron chi connectivity index (χ0n) is 11.5. The summed E-state index contributed by atoms with van der Waals surface area (Å²) in [6, 6.07) is 10.6. The number of anilines is 1. The number of ether oxygens (including phenoxy) is 1. The largest absolute Gasteiger partial charge is 0.378 e. The van der Waals surface area contributed by atoms with Crippen LogP contribution in [-0.4, -0.2) is 36.3 Å². The molecule has 0 saturated carbocycles. The molecule has 1 saturated heterocycles. The topological polar surface area (TPSA) is 40.9 Å². The van der Waals surface area contributed by atoms with Gasteiger partial charge in [0.2, 0.25) is 0 Å². The standard InChI is InChI=1S/C16H15N3OS/c1-2-4-14-12(3-1)9-15(21-14)13-10-17-16(18-11-13)19-5-7-20-8-6-19/h1-4,9-11H,5-8H2/q+1. The first-order valence-electron chi connectivity index (χ1n) is 7.04. The first-order chi connectivity index (χ1) is 10.4. The molecule has 1 fully saturated rings. The minimum Gasteiger partial charge on any atom is -0.369 e. The lowest BCUT2D eigenvalue weighted by Crippen LogP contribution is -2.38. The Bertz CT molecular complexity index is 715. The molecule has 1 aliphatic heterocycles. The number of rotatable bonds is 2. The van der Waals surface area contributed by atoms with Gasteiger partial charge >= 0.3 is 5.95 Å². The Morgan fingerprint density at radius 3 is 2.57 bits per heavy atom. The fourth-order valence-electron chi connectivity index (χ4n) is 2.50. The summed E-state index contributed by atoms with van der Waals surface area (Å²) in [5.74, 6) is 0.795. The van der Waals surface area contributed by atoms with Gasteiger partial charge in [-0.3, -0.25) is 0 Å². The van der Waals surface area contributed by atoms with Gasteiger partial charge in [0.05, 0.1) is 0 Å². The Hall–Kier alpha value is -1.82. The van der Waals surface area contributed by atoms with Gasteiger partial charge in [-0.25, -0.2) is 0 Å². The van der Waals surface area contributed by atoms with Gasteiger partial charge in [-0.15, -0.1) is 11.3 Å². The highest BCUT2D eigenvalue weighted by atomic mass is 32.1. The van der Waals surface area contributed by atoms with Crippen molar-refractivity contribution in [3.8, 4) is 10.4 Å². The first kappa shape index (κ1) is 12.9. The second-order valence-corrected chi connectivity index (χ2v) is 6.10. The third-order valence-corrected chi connectivity index (χ3v) is 4.81. The van der Waals surface area contributed by atoms with Gasteiger partial charge in [-0.1, -0.05) is 23.1 Å². The van der Waals surface area contributed by atoms with E-state index in [-0.39, 0.29) is 0 Å². The summed E-state index contributed by atoms with van der Waals surface area (Å²) in [7, 11) is 0. The minimum atomic E-state index is 0.751. The maximum Gasteiger partial charge on any atom is 0.378 e. The Morgan fingerprint density at radius 1 is 1.05 bits per heavy atom. The second kappa shape index (κ2) is 5.52. The number of fused-ring (bicyclic) bond motifs is 1. The van der Waals surface area contributed by atoms with Crippen LogP contribution in [0, 0.1) is 0 Å². The predicted octanol–water partition coefficient (Wildman–Crippen LogP) is 3.16. The average molecular weight is 297 g/mol. The highest BCUT2D eigenvalue weighted by Crippen LogP contribution is 2.32. The molecule has 0 unspecified atom stereocenters. The van der Waals surface area contributed by atoms with Crippen LogP contribution in [0.3, 0.4) is 0 Å². The molecule has 105 valence electrons. The number of hydrogen-bond donors (Lipinski definition) is 0. The Balaban J connectivity index is 1.63. The second-order valence-electron chi connectivity index (χ2n) is 5.02. The summed E-state index contributed by atoms with van der Waals surface area (Å²) in [6.45, 7) is 3.23. The van der Waals surface area contributed by atoms with E-state index < -0.39 is 0 Å². The molecule has 0 aliphatic carbocycles. The molecule has 1 aromatic carbocycles. The van der Waals surface area contributed by atoms with Gasteiger partial charge in [0.1, 0.15) is 13.2 Å². The highest BCUT2D eigenvalue weighted by Gasteiger charge is 2.25. The Labute approximate surface area is 127 Å². The van der Waals surface area contributed by atoms with Crippen LogP contribution < -0.4 is 4.90 Å². The van der Waals surface area contributed by atoms with Gasteiger partial charge in [0.25, 0.3) is 0 Å². The van der Waals surface area contributed by atoms with E-state index in [1.165, 1.54) is 15.0 Å². The number of hydrogen-bond acceptors (Lipinski definition) is 5. The molecule has 4 rings (SSSR count). The van der Waals surface area contributed by atoms with Crippen LogP contribution in [0.2, 0.25) is 0 Å². The molecule has 0 spiro atoms. The van der Waals surface area contributed by atoms with E-state index in [2.05, 4.69) is 45.2 Å². The van der Waals surface area contributed by atoms with Gasteiger partial charge in [0.15, 0.2) is 13.1 Å². The molecule has 5 heteroatoms. The fraction of sp³-hybridized carbons (Fsp3) is 0.250. The van der Waals surface area contributed by atoms with Gasteiger partial charge in [-0.05, 0) is 17.5 Å². The van der Waals surface area contributed by atoms with Crippen LogP contribution in [-0.2, 0) is 4.74 Å². The smallest absolute Gasteiger partial charge is 0.369 e. The van der Waals surface area contributed by atoms with Gasteiger partial charge < -0.3 is 4.74 Å². The highest BCUT2D eigenvalue weighted by molar-refractivity contribution is 7.22. The van der Waals surface area contributed by atoms with E-state index in [1.54, 1.807) is 11.3 Å². The predicted molar refractivity (Wildman–Crippen MR) is 85.2 cm³/mol. The van der Waals surface area contributed by atoms with E-state index in [0.717, 1.165) is 37.8 Å². The molecule has 0 atom stereocenters. The maximum absolute atomic E-state index is 5.35. The van der Waals surface area contributed by atoms with Crippen molar-refractivity contribution in [2.45, 2.75) is 0 Å². The molecule has 0 N–H and O–H groups in total. The molecule has 0 amide bonds. The number of morpholine rings is 1. The van der Waals surface area contributed by atoms with Crippen molar-refractivity contribution >= 4 is 27.4 Å². The summed E-state index contributed by atoms with van der Waals surface area (Å²) < 4.78 is 6.65. The summed E-state index contributed by atoms with van der Waals surface area (Å²) in [5.41, 5.74) is 1.08. The van der Waals surface area contributed by atoms with E-state index in [9.17, 15) is 0 Å². The molecular formula is C16H15N3OS+. The third-order valence-electron chi connectivity index (χ3n) is 3.64. The number of benzene rings is 1. The zero-order valence-corrected chi connectivity index (χ0v) is 12.3. The SMILES string of the molecule is c1ccc2sc(-c3cnc([N+]4CCOCC4)nc3)cc2c1. The van der Waals surface area contributed by atoms with Crippen LogP contribution in [0.4, 0.5) is 5.95 Å². The summed E-state index contributed by atoms with van der Waals surface area (Å²) in [6.07, 6.45) is 3.84. The molecule has 1 aliphatic rings. The van der Waals surface area contributed by atoms with Crippen molar-refractivity contribution in [2.75, 3.05) is 26.3 Å². The van der Waals surface area contributed by atoms with Gasteiger partial charge in [0, 0.05) is 27.5 Å². The average Bonchev–Trinajstić information content (AvgIpc) is 3.00. The lowest BCUT2D eigenvalue weighted by Gasteiger charge is -2.14. The monoisotopic (exact) mass is 297 g/mol. The fourth-order valence-corrected chi connectivity index (χ4v) is 3.54. The molecule has 1 radical (unpaired) electrons. The van der Waals surface area contributed by atoms with Crippen molar-refractivity contribution in [3.63, 3.8) is 0 Å². The van der Waals surface area contributed by atoms with E-state index >= 15 is 0 Å². The molecule has 3 heterocycles. The molecule has 21 heavy (non-hydrogen) atoms. The Kier molecular flexibility index (Phi) is 3.39. The summed E-state index contributed by atoms with van der Waals surface area (Å²) >= 11 is 1.78. The molecule has 4 nitrogen and oxygen atoms in total. The lowest BCUT2D eigenvalue weighted by molar-refractivity contribution is 0.0886. The first-order valence-corrected chi connectivity index (χ1v) is 7.85. The van der Waals surface area contributed by atoms with Crippen molar-refractivity contribution in [2.24, 2.45) is 0 Å². The van der Waals surface area contributed by atoms with Crippen LogP contribution in [0.1, 0.15) is 0 Å². The van der Waals surface area contributed by atoms with Crippen LogP contribution in [0.25, 0.3) is 20.5 Å². The number of aromatic nitrogens is 2. The summed E-state index contributed by atoms with van der Waals surface area (Å²) in [4.78, 5) is 12.4. The molecular weight excluding hydrogens is 282 g/mol. The molecule has 3 aromatic rings. The zero-order chi connectivity index (χ0) is 14.1. The van der Waals surface area contributed by atoms with Crippen molar-refractivity contribution in [3.05, 3.63) is 42.7 Å². The van der Waals surface area contributed by atoms with Crippen LogP contribution in [0.5, 0.6) is 0 Å². The minimum absolute atomic E-state index is 0.751. The van der Waals surface area contributed by atoms with Crippen LogP contribution in [0.15, 0.2) is 42.7 Å². The van der Waals surface area contributed by atoms with Crippen molar-refractivity contribution in [1.29, 1.82) is 0 Å². The summed E-state index contributed by atoms with van der Waals surface area (Å²) in [5, 5.41) is 1.27.